The quantitative estimate of drug-likeness (QED) is 0.324. The minimum absolute atomic E-state index is 0.0456. The Morgan fingerprint density at radius 3 is 2.47 bits per heavy atom. The predicted molar refractivity (Wildman–Crippen MR) is 129 cm³/mol. The Morgan fingerprint density at radius 1 is 1.08 bits per heavy atom. The largest absolute Gasteiger partial charge is 0.463 e. The van der Waals surface area contributed by atoms with E-state index in [4.69, 9.17) is 9.47 Å². The van der Waals surface area contributed by atoms with Gasteiger partial charge >= 0.3 is 18.0 Å². The molecule has 2 N–H and O–H groups in total. The maximum Gasteiger partial charge on any atom is 0.340 e. The molecular formula is C25H26N4O7. The molecule has 1 fully saturated rings. The lowest BCUT2D eigenvalue weighted by molar-refractivity contribution is -0.384. The number of nitrogens with zero attached hydrogens (tertiary/aromatic N) is 2. The number of nitro benzene ring substituents is 1. The summed E-state index contributed by atoms with van der Waals surface area (Å²) in [6, 6.07) is 11.5. The molecule has 36 heavy (non-hydrogen) atoms. The number of urea groups is 1. The molecule has 0 bridgehead atoms. The molecule has 4 rings (SSSR count). The van der Waals surface area contributed by atoms with E-state index in [1.165, 1.54) is 12.1 Å². The number of hydrogen-bond donors (Lipinski definition) is 2. The van der Waals surface area contributed by atoms with Crippen LogP contribution in [-0.4, -0.2) is 49.2 Å². The van der Waals surface area contributed by atoms with Crippen molar-refractivity contribution in [2.75, 3.05) is 31.2 Å². The lowest BCUT2D eigenvalue weighted by atomic mass is 9.95. The number of ether oxygens (including phenoxy) is 2. The molecular weight excluding hydrogens is 468 g/mol. The summed E-state index contributed by atoms with van der Waals surface area (Å²) >= 11 is 0. The first-order valence-corrected chi connectivity index (χ1v) is 11.6. The van der Waals surface area contributed by atoms with Gasteiger partial charge in [0, 0.05) is 25.2 Å². The van der Waals surface area contributed by atoms with E-state index in [9.17, 15) is 24.5 Å². The van der Waals surface area contributed by atoms with Gasteiger partial charge in [-0.2, -0.15) is 0 Å². The number of nitrogens with one attached hydrogen (secondary N) is 2. The number of amides is 2. The van der Waals surface area contributed by atoms with E-state index in [1.807, 2.05) is 4.90 Å². The molecule has 0 radical (unpaired) electrons. The van der Waals surface area contributed by atoms with Gasteiger partial charge in [-0.1, -0.05) is 30.3 Å². The van der Waals surface area contributed by atoms with Gasteiger partial charge in [0.2, 0.25) is 0 Å². The first kappa shape index (κ1) is 24.7. The van der Waals surface area contributed by atoms with E-state index in [-0.39, 0.29) is 29.1 Å². The number of anilines is 1. The number of carbonyl (C=O) groups excluding carboxylic acids is 3. The normalized spacial score (nSPS) is 17.3. The number of hydrogen-bond acceptors (Lipinski definition) is 8. The highest BCUT2D eigenvalue weighted by Crippen LogP contribution is 2.30. The van der Waals surface area contributed by atoms with Crippen molar-refractivity contribution in [2.24, 2.45) is 0 Å². The molecule has 2 aliphatic heterocycles. The second-order valence-corrected chi connectivity index (χ2v) is 8.28. The van der Waals surface area contributed by atoms with Gasteiger partial charge in [0.15, 0.2) is 0 Å². The molecule has 0 unspecified atom stereocenters. The van der Waals surface area contributed by atoms with E-state index in [2.05, 4.69) is 10.6 Å². The minimum atomic E-state index is -0.814. The molecule has 0 spiro atoms. The van der Waals surface area contributed by atoms with Crippen LogP contribution in [-0.2, 0) is 14.3 Å². The highest BCUT2D eigenvalue weighted by Gasteiger charge is 2.34. The molecule has 2 heterocycles. The maximum atomic E-state index is 13.1. The van der Waals surface area contributed by atoms with Crippen molar-refractivity contribution in [2.45, 2.75) is 25.8 Å². The number of non-ortho nitro benzene ring substituents is 1. The second-order valence-electron chi connectivity index (χ2n) is 8.28. The number of rotatable bonds is 8. The summed E-state index contributed by atoms with van der Waals surface area (Å²) < 4.78 is 10.7. The average molecular weight is 495 g/mol. The fourth-order valence-electron chi connectivity index (χ4n) is 4.33. The molecule has 0 aromatic heterocycles. The van der Waals surface area contributed by atoms with Crippen LogP contribution in [0.15, 0.2) is 59.8 Å². The molecule has 2 aromatic carbocycles. The Hall–Kier alpha value is -4.41. The van der Waals surface area contributed by atoms with Crippen LogP contribution in [0.2, 0.25) is 0 Å². The summed E-state index contributed by atoms with van der Waals surface area (Å²) in [6.45, 7) is 2.77. The van der Waals surface area contributed by atoms with Gasteiger partial charge < -0.3 is 25.0 Å². The van der Waals surface area contributed by atoms with Gasteiger partial charge in [-0.25, -0.2) is 14.4 Å². The lowest BCUT2D eigenvalue weighted by Crippen LogP contribution is -2.47. The minimum Gasteiger partial charge on any atom is -0.463 e. The summed E-state index contributed by atoms with van der Waals surface area (Å²) in [5.74, 6) is -1.47. The van der Waals surface area contributed by atoms with Crippen molar-refractivity contribution in [1.29, 1.82) is 0 Å². The van der Waals surface area contributed by atoms with Crippen LogP contribution in [0, 0.1) is 10.1 Å². The second kappa shape index (κ2) is 10.9. The van der Waals surface area contributed by atoms with Crippen LogP contribution in [0.1, 0.15) is 41.7 Å². The zero-order chi connectivity index (χ0) is 25.7. The lowest BCUT2D eigenvalue weighted by Gasteiger charge is -2.29. The molecule has 2 aromatic rings. The van der Waals surface area contributed by atoms with Crippen molar-refractivity contribution in [3.05, 3.63) is 81.0 Å². The average Bonchev–Trinajstić information content (AvgIpc) is 3.42. The summed E-state index contributed by atoms with van der Waals surface area (Å²) in [4.78, 5) is 51.1. The summed E-state index contributed by atoms with van der Waals surface area (Å²) in [5, 5.41) is 16.6. The number of benzene rings is 2. The molecule has 2 aliphatic rings. The van der Waals surface area contributed by atoms with Crippen LogP contribution >= 0.6 is 0 Å². The summed E-state index contributed by atoms with van der Waals surface area (Å²) in [7, 11) is 0. The highest BCUT2D eigenvalue weighted by atomic mass is 16.6. The first-order valence-electron chi connectivity index (χ1n) is 11.6. The Bertz CT molecular complexity index is 1210. The van der Waals surface area contributed by atoms with Crippen LogP contribution < -0.4 is 15.5 Å². The molecule has 11 heteroatoms. The SMILES string of the molecule is CCOC(=O)C1=C(COC(=O)c2cc([N+](=O)[O-])ccc2N2CCCC2)NC(=O)N[C@H]1c1ccccc1. The van der Waals surface area contributed by atoms with Crippen molar-refractivity contribution in [3.63, 3.8) is 0 Å². The smallest absolute Gasteiger partial charge is 0.340 e. The van der Waals surface area contributed by atoms with Crippen molar-refractivity contribution < 1.29 is 28.8 Å². The third kappa shape index (κ3) is 5.29. The molecule has 0 saturated carbocycles. The fraction of sp³-hybridized carbons (Fsp3) is 0.320. The van der Waals surface area contributed by atoms with Crippen LogP contribution in [0.4, 0.5) is 16.2 Å². The molecule has 1 atom stereocenters. The third-order valence-corrected chi connectivity index (χ3v) is 5.99. The third-order valence-electron chi connectivity index (χ3n) is 5.99. The van der Waals surface area contributed by atoms with Gasteiger partial charge in [-0.15, -0.1) is 0 Å². The van der Waals surface area contributed by atoms with Gasteiger partial charge in [0.1, 0.15) is 6.61 Å². The van der Waals surface area contributed by atoms with Gasteiger partial charge in [-0.3, -0.25) is 10.1 Å². The van der Waals surface area contributed by atoms with Gasteiger partial charge in [0.05, 0.1) is 40.1 Å². The molecule has 188 valence electrons. The Balaban J connectivity index is 1.66. The van der Waals surface area contributed by atoms with E-state index >= 15 is 0 Å². The molecule has 1 saturated heterocycles. The molecule has 11 nitrogen and oxygen atoms in total. The summed E-state index contributed by atoms with van der Waals surface area (Å²) in [6.07, 6.45) is 1.89. The maximum absolute atomic E-state index is 13.1. The predicted octanol–water partition coefficient (Wildman–Crippen LogP) is 3.22. The first-order chi connectivity index (χ1) is 17.4. The Labute approximate surface area is 207 Å². The van der Waals surface area contributed by atoms with E-state index < -0.39 is 35.5 Å². The molecule has 2 amide bonds. The Morgan fingerprint density at radius 2 is 1.81 bits per heavy atom. The standard InChI is InChI=1S/C25H26N4O7/c1-2-35-24(31)21-19(26-25(32)27-22(21)16-8-4-3-5-9-16)15-36-23(30)18-14-17(29(33)34)10-11-20(18)28-12-6-7-13-28/h3-5,8-11,14,22H,2,6-7,12-13,15H2,1H3,(H2,26,27,32)/t22-/m0/s1. The summed E-state index contributed by atoms with van der Waals surface area (Å²) in [5.41, 5.74) is 1.18. The van der Waals surface area contributed by atoms with Crippen molar-refractivity contribution in [1.82, 2.24) is 10.6 Å². The van der Waals surface area contributed by atoms with Gasteiger partial charge in [-0.05, 0) is 31.4 Å². The highest BCUT2D eigenvalue weighted by molar-refractivity contribution is 5.98. The van der Waals surface area contributed by atoms with E-state index in [0.717, 1.165) is 25.9 Å². The number of nitro groups is 1. The van der Waals surface area contributed by atoms with E-state index in [0.29, 0.717) is 11.3 Å². The van der Waals surface area contributed by atoms with Crippen LogP contribution in [0.3, 0.4) is 0 Å². The van der Waals surface area contributed by atoms with Gasteiger partial charge in [0.25, 0.3) is 5.69 Å². The zero-order valence-electron chi connectivity index (χ0n) is 19.7. The topological polar surface area (TPSA) is 140 Å². The van der Waals surface area contributed by atoms with Crippen LogP contribution in [0.5, 0.6) is 0 Å². The van der Waals surface area contributed by atoms with Crippen LogP contribution in [0.25, 0.3) is 0 Å². The van der Waals surface area contributed by atoms with Crippen molar-refractivity contribution >= 4 is 29.3 Å². The van der Waals surface area contributed by atoms with E-state index in [1.54, 1.807) is 43.3 Å². The zero-order valence-corrected chi connectivity index (χ0v) is 19.7. The monoisotopic (exact) mass is 494 g/mol. The number of esters is 2. The van der Waals surface area contributed by atoms with Crippen molar-refractivity contribution in [3.8, 4) is 0 Å². The Kier molecular flexibility index (Phi) is 7.47. The molecule has 0 aliphatic carbocycles. The fourth-order valence-corrected chi connectivity index (χ4v) is 4.33. The number of carbonyl (C=O) groups is 3.